The third kappa shape index (κ3) is 2.31. The van der Waals surface area contributed by atoms with Gasteiger partial charge in [-0.05, 0) is 19.1 Å². The van der Waals surface area contributed by atoms with Crippen LogP contribution in [0.2, 0.25) is 0 Å². The number of nitrogens with two attached hydrogens (primary N) is 1. The first kappa shape index (κ1) is 11.3. The monoisotopic (exact) mass is 231 g/mol. The minimum atomic E-state index is -0.266. The van der Waals surface area contributed by atoms with Gasteiger partial charge in [0.2, 0.25) is 5.91 Å². The van der Waals surface area contributed by atoms with Crippen LogP contribution in [0.25, 0.3) is 11.3 Å². The number of nitrogens with zero attached hydrogens (tertiary/aromatic N) is 2. The summed E-state index contributed by atoms with van der Waals surface area (Å²) in [6.45, 7) is 1.81. The Balaban J connectivity index is 2.30. The molecule has 1 amide bonds. The lowest BCUT2D eigenvalue weighted by Gasteiger charge is -2.01. The second-order valence-corrected chi connectivity index (χ2v) is 3.57. The molecule has 17 heavy (non-hydrogen) atoms. The van der Waals surface area contributed by atoms with Crippen LogP contribution in [0, 0.1) is 6.92 Å². The number of amides is 1. The van der Waals surface area contributed by atoms with Crippen molar-refractivity contribution in [2.24, 2.45) is 5.73 Å². The maximum absolute atomic E-state index is 11.2. The Bertz CT molecular complexity index is 520. The van der Waals surface area contributed by atoms with Gasteiger partial charge in [0.05, 0.1) is 12.2 Å². The van der Waals surface area contributed by atoms with Crippen molar-refractivity contribution < 1.29 is 4.79 Å². The van der Waals surface area contributed by atoms with Gasteiger partial charge in [-0.2, -0.15) is 5.10 Å². The van der Waals surface area contributed by atoms with E-state index < -0.39 is 0 Å². The molecule has 0 radical (unpaired) electrons. The molecule has 0 bridgehead atoms. The molecule has 0 atom stereocenters. The number of hydrogen-bond acceptors (Lipinski definition) is 4. The largest absolute Gasteiger partial charge is 0.322 e. The molecule has 0 aromatic carbocycles. The summed E-state index contributed by atoms with van der Waals surface area (Å²) in [4.78, 5) is 15.2. The highest BCUT2D eigenvalue weighted by Crippen LogP contribution is 2.24. The summed E-state index contributed by atoms with van der Waals surface area (Å²) in [5.74, 6) is 0.233. The van der Waals surface area contributed by atoms with E-state index in [0.717, 1.165) is 16.8 Å². The van der Waals surface area contributed by atoms with Crippen molar-refractivity contribution in [1.29, 1.82) is 0 Å². The van der Waals surface area contributed by atoms with Crippen LogP contribution in [0.3, 0.4) is 0 Å². The minimum Gasteiger partial charge on any atom is -0.322 e. The predicted octanol–water partition coefficient (Wildman–Crippen LogP) is 0.677. The highest BCUT2D eigenvalue weighted by atomic mass is 16.1. The fraction of sp³-hybridized carbons (Fsp3) is 0.182. The van der Waals surface area contributed by atoms with Crippen molar-refractivity contribution in [3.8, 4) is 11.3 Å². The summed E-state index contributed by atoms with van der Waals surface area (Å²) in [6, 6.07) is 3.76. The molecule has 0 spiro atoms. The van der Waals surface area contributed by atoms with E-state index in [0.29, 0.717) is 5.82 Å². The highest BCUT2D eigenvalue weighted by molar-refractivity contribution is 5.92. The lowest BCUT2D eigenvalue weighted by atomic mass is 10.1. The van der Waals surface area contributed by atoms with Crippen LogP contribution in [0.5, 0.6) is 0 Å². The van der Waals surface area contributed by atoms with Gasteiger partial charge >= 0.3 is 0 Å². The molecule has 2 aromatic rings. The van der Waals surface area contributed by atoms with Gasteiger partial charge in [0, 0.05) is 23.5 Å². The fourth-order valence-corrected chi connectivity index (χ4v) is 1.49. The Morgan fingerprint density at radius 3 is 3.06 bits per heavy atom. The van der Waals surface area contributed by atoms with Crippen LogP contribution in [-0.2, 0) is 4.79 Å². The van der Waals surface area contributed by atoms with E-state index in [1.54, 1.807) is 12.4 Å². The zero-order valence-electron chi connectivity index (χ0n) is 9.40. The number of H-pyrrole nitrogens is 1. The number of anilines is 1. The molecule has 0 unspecified atom stereocenters. The average molecular weight is 231 g/mol. The normalized spacial score (nSPS) is 10.2. The van der Waals surface area contributed by atoms with E-state index >= 15 is 0 Å². The molecule has 6 heteroatoms. The number of carbonyl (C=O) groups is 1. The van der Waals surface area contributed by atoms with Crippen LogP contribution >= 0.6 is 0 Å². The van der Waals surface area contributed by atoms with Crippen molar-refractivity contribution in [3.63, 3.8) is 0 Å². The van der Waals surface area contributed by atoms with Crippen molar-refractivity contribution in [1.82, 2.24) is 15.2 Å². The van der Waals surface area contributed by atoms with Gasteiger partial charge in [-0.15, -0.1) is 0 Å². The summed E-state index contributed by atoms with van der Waals surface area (Å²) in [7, 11) is 0. The smallest absolute Gasteiger partial charge is 0.239 e. The number of rotatable bonds is 3. The number of aromatic nitrogens is 3. The molecular formula is C11H13N5O. The number of pyridine rings is 1. The Morgan fingerprint density at radius 2 is 2.41 bits per heavy atom. The van der Waals surface area contributed by atoms with Crippen molar-refractivity contribution >= 4 is 11.7 Å². The molecule has 6 nitrogen and oxygen atoms in total. The molecular weight excluding hydrogens is 218 g/mol. The van der Waals surface area contributed by atoms with Crippen molar-refractivity contribution in [2.75, 3.05) is 11.9 Å². The number of aromatic amines is 1. The predicted molar refractivity (Wildman–Crippen MR) is 64.2 cm³/mol. The van der Waals surface area contributed by atoms with Crippen LogP contribution in [0.15, 0.2) is 24.5 Å². The van der Waals surface area contributed by atoms with E-state index in [-0.39, 0.29) is 12.5 Å². The summed E-state index contributed by atoms with van der Waals surface area (Å²) in [5.41, 5.74) is 7.85. The summed E-state index contributed by atoms with van der Waals surface area (Å²) < 4.78 is 0. The quantitative estimate of drug-likeness (QED) is 0.723. The third-order valence-corrected chi connectivity index (χ3v) is 2.40. The molecule has 0 fully saturated rings. The van der Waals surface area contributed by atoms with Crippen LogP contribution in [0.1, 0.15) is 5.56 Å². The first-order chi connectivity index (χ1) is 8.22. The molecule has 0 aliphatic heterocycles. The Morgan fingerprint density at radius 1 is 1.59 bits per heavy atom. The first-order valence-electron chi connectivity index (χ1n) is 5.17. The molecule has 0 saturated heterocycles. The van der Waals surface area contributed by atoms with Crippen molar-refractivity contribution in [2.45, 2.75) is 6.92 Å². The van der Waals surface area contributed by atoms with Gasteiger partial charge in [0.1, 0.15) is 0 Å². The van der Waals surface area contributed by atoms with E-state index in [4.69, 9.17) is 5.73 Å². The van der Waals surface area contributed by atoms with Gasteiger partial charge in [0.15, 0.2) is 5.82 Å². The van der Waals surface area contributed by atoms with Gasteiger partial charge in [-0.1, -0.05) is 0 Å². The lowest BCUT2D eigenvalue weighted by Crippen LogP contribution is -2.22. The summed E-state index contributed by atoms with van der Waals surface area (Å²) in [5, 5.41) is 9.54. The minimum absolute atomic E-state index is 0.0610. The lowest BCUT2D eigenvalue weighted by molar-refractivity contribution is -0.114. The molecule has 88 valence electrons. The molecule has 0 saturated carbocycles. The van der Waals surface area contributed by atoms with E-state index in [2.05, 4.69) is 20.5 Å². The maximum Gasteiger partial charge on any atom is 0.239 e. The fourth-order valence-electron chi connectivity index (χ4n) is 1.49. The number of hydrogen-bond donors (Lipinski definition) is 3. The Hall–Kier alpha value is -2.21. The zero-order valence-corrected chi connectivity index (χ0v) is 9.40. The SMILES string of the molecule is Cc1c(NC(=O)CN)n[nH]c1-c1cccnc1. The zero-order chi connectivity index (χ0) is 12.3. The van der Waals surface area contributed by atoms with E-state index in [1.807, 2.05) is 19.1 Å². The topological polar surface area (TPSA) is 96.7 Å². The molecule has 2 heterocycles. The van der Waals surface area contributed by atoms with E-state index in [1.165, 1.54) is 0 Å². The van der Waals surface area contributed by atoms with Crippen LogP contribution < -0.4 is 11.1 Å². The van der Waals surface area contributed by atoms with Gasteiger partial charge < -0.3 is 11.1 Å². The molecule has 0 aliphatic rings. The van der Waals surface area contributed by atoms with Crippen molar-refractivity contribution in [3.05, 3.63) is 30.1 Å². The Labute approximate surface area is 98.3 Å². The van der Waals surface area contributed by atoms with E-state index in [9.17, 15) is 4.79 Å². The molecule has 2 aromatic heterocycles. The number of nitrogens with one attached hydrogen (secondary N) is 2. The average Bonchev–Trinajstić information content (AvgIpc) is 2.72. The second kappa shape index (κ2) is 4.75. The standard InChI is InChI=1S/C11H13N5O/c1-7-10(8-3-2-4-13-6-8)15-16-11(7)14-9(17)5-12/h2-4,6H,5,12H2,1H3,(H2,14,15,16,17). The van der Waals surface area contributed by atoms with Gasteiger partial charge in [-0.3, -0.25) is 14.9 Å². The number of carbonyl (C=O) groups excluding carboxylic acids is 1. The third-order valence-electron chi connectivity index (χ3n) is 2.40. The Kier molecular flexibility index (Phi) is 3.15. The molecule has 4 N–H and O–H groups in total. The van der Waals surface area contributed by atoms with Crippen LogP contribution in [-0.4, -0.2) is 27.6 Å². The van der Waals surface area contributed by atoms with Gasteiger partial charge in [0.25, 0.3) is 0 Å². The highest BCUT2D eigenvalue weighted by Gasteiger charge is 2.12. The molecule has 2 rings (SSSR count). The molecule has 0 aliphatic carbocycles. The maximum atomic E-state index is 11.2. The first-order valence-corrected chi connectivity index (χ1v) is 5.17. The van der Waals surface area contributed by atoms with Gasteiger partial charge in [-0.25, -0.2) is 0 Å². The summed E-state index contributed by atoms with van der Waals surface area (Å²) >= 11 is 0. The van der Waals surface area contributed by atoms with Crippen LogP contribution in [0.4, 0.5) is 5.82 Å². The second-order valence-electron chi connectivity index (χ2n) is 3.57. The summed E-state index contributed by atoms with van der Waals surface area (Å²) in [6.07, 6.45) is 3.43.